The van der Waals surface area contributed by atoms with Crippen LogP contribution in [0.1, 0.15) is 0 Å². The maximum absolute atomic E-state index is 9.03. The second-order valence-corrected chi connectivity index (χ2v) is 2.14. The van der Waals surface area contributed by atoms with Crippen molar-refractivity contribution in [2.75, 3.05) is 0 Å². The van der Waals surface area contributed by atoms with Gasteiger partial charge in [0.1, 0.15) is 18.3 Å². The Morgan fingerprint density at radius 1 is 1.00 bits per heavy atom. The molecule has 0 saturated carbocycles. The lowest BCUT2D eigenvalue weighted by Crippen LogP contribution is -1.94. The van der Waals surface area contributed by atoms with E-state index in [9.17, 15) is 0 Å². The molecule has 0 aromatic heterocycles. The smallest absolute Gasteiger partial charge is 0.172 e. The van der Waals surface area contributed by atoms with E-state index in [0.29, 0.717) is 11.5 Å². The molecule has 1 N–H and O–H groups in total. The lowest BCUT2D eigenvalue weighted by atomic mass is 10.3. The molecule has 1 aliphatic rings. The molecular weight excluding hydrogens is 144 g/mol. The molecule has 0 aliphatic carbocycles. The Hall–Kier alpha value is -1.64. The minimum Gasteiger partial charge on any atom is -0.508 e. The second-order valence-electron chi connectivity index (χ2n) is 2.14. The molecule has 0 unspecified atom stereocenters. The Balaban J connectivity index is 2.48. The Kier molecular flexibility index (Phi) is 1.22. The molecule has 0 amide bonds. The van der Waals surface area contributed by atoms with Gasteiger partial charge in [-0.1, -0.05) is 0 Å². The highest BCUT2D eigenvalue weighted by Crippen LogP contribution is 2.32. The topological polar surface area (TPSA) is 38.7 Å². The van der Waals surface area contributed by atoms with Crippen LogP contribution in [-0.2, 0) is 0 Å². The van der Waals surface area contributed by atoms with Gasteiger partial charge >= 0.3 is 0 Å². The molecule has 1 aromatic rings. The summed E-state index contributed by atoms with van der Waals surface area (Å²) in [5.74, 6) is 1.32. The molecule has 0 fully saturated rings. The molecule has 0 saturated heterocycles. The molecular formula is C8H6O3. The number of rotatable bonds is 0. The molecule has 0 bridgehead atoms. The fraction of sp³-hybridized carbons (Fsp3) is 0. The molecule has 2 rings (SSSR count). The number of phenols is 1. The van der Waals surface area contributed by atoms with Gasteiger partial charge in [-0.15, -0.1) is 0 Å². The van der Waals surface area contributed by atoms with Crippen LogP contribution in [0.5, 0.6) is 17.2 Å². The molecule has 1 aromatic carbocycles. The first-order valence-corrected chi connectivity index (χ1v) is 3.17. The van der Waals surface area contributed by atoms with Gasteiger partial charge in [-0.3, -0.25) is 0 Å². The summed E-state index contributed by atoms with van der Waals surface area (Å²) in [5.41, 5.74) is 0. The van der Waals surface area contributed by atoms with E-state index in [1.54, 1.807) is 12.1 Å². The lowest BCUT2D eigenvalue weighted by Gasteiger charge is -2.11. The number of hydrogen-bond donors (Lipinski definition) is 1. The summed E-state index contributed by atoms with van der Waals surface area (Å²) in [5, 5.41) is 9.03. The predicted molar refractivity (Wildman–Crippen MR) is 38.5 cm³/mol. The highest BCUT2D eigenvalue weighted by atomic mass is 16.5. The van der Waals surface area contributed by atoms with E-state index in [4.69, 9.17) is 14.6 Å². The van der Waals surface area contributed by atoms with Gasteiger partial charge in [0, 0.05) is 6.07 Å². The molecule has 1 heterocycles. The third kappa shape index (κ3) is 1.00. The largest absolute Gasteiger partial charge is 0.508 e. The molecule has 0 atom stereocenters. The van der Waals surface area contributed by atoms with Crippen LogP contribution in [0.2, 0.25) is 0 Å². The first kappa shape index (κ1) is 6.09. The van der Waals surface area contributed by atoms with Crippen molar-refractivity contribution in [2.45, 2.75) is 0 Å². The zero-order chi connectivity index (χ0) is 7.68. The van der Waals surface area contributed by atoms with E-state index in [1.165, 1.54) is 18.6 Å². The van der Waals surface area contributed by atoms with Crippen LogP contribution in [0.4, 0.5) is 0 Å². The first-order chi connectivity index (χ1) is 5.36. The summed E-state index contributed by atoms with van der Waals surface area (Å²) in [7, 11) is 0. The average molecular weight is 150 g/mol. The van der Waals surface area contributed by atoms with Crippen LogP contribution < -0.4 is 9.47 Å². The third-order valence-electron chi connectivity index (χ3n) is 1.37. The summed E-state index contributed by atoms with van der Waals surface area (Å²) >= 11 is 0. The number of ether oxygens (including phenoxy) is 2. The summed E-state index contributed by atoms with van der Waals surface area (Å²) in [4.78, 5) is 0. The fourth-order valence-corrected chi connectivity index (χ4v) is 0.888. The SMILES string of the molecule is Oc1ccc2c(c1)OC=CO2. The van der Waals surface area contributed by atoms with E-state index in [0.717, 1.165) is 0 Å². The standard InChI is InChI=1S/C8H6O3/c9-6-1-2-7-8(5-6)11-4-3-10-7/h1-5,9H. The molecule has 3 nitrogen and oxygen atoms in total. The number of fused-ring (bicyclic) bond motifs is 1. The summed E-state index contributed by atoms with van der Waals surface area (Å²) in [6, 6.07) is 4.69. The summed E-state index contributed by atoms with van der Waals surface area (Å²) < 4.78 is 10.1. The van der Waals surface area contributed by atoms with Gasteiger partial charge < -0.3 is 14.6 Å². The van der Waals surface area contributed by atoms with E-state index < -0.39 is 0 Å². The van der Waals surface area contributed by atoms with Crippen molar-refractivity contribution in [3.05, 3.63) is 30.7 Å². The minimum absolute atomic E-state index is 0.169. The molecule has 11 heavy (non-hydrogen) atoms. The zero-order valence-electron chi connectivity index (χ0n) is 5.65. The lowest BCUT2D eigenvalue weighted by molar-refractivity contribution is 0.358. The summed E-state index contributed by atoms with van der Waals surface area (Å²) in [6.07, 6.45) is 2.86. The van der Waals surface area contributed by atoms with Crippen molar-refractivity contribution in [3.63, 3.8) is 0 Å². The monoisotopic (exact) mass is 150 g/mol. The van der Waals surface area contributed by atoms with Gasteiger partial charge in [0.05, 0.1) is 0 Å². The molecule has 56 valence electrons. The summed E-state index contributed by atoms with van der Waals surface area (Å²) in [6.45, 7) is 0. The second kappa shape index (κ2) is 2.20. The molecule has 3 heteroatoms. The quantitative estimate of drug-likeness (QED) is 0.610. The van der Waals surface area contributed by atoms with Gasteiger partial charge in [-0.2, -0.15) is 0 Å². The number of benzene rings is 1. The van der Waals surface area contributed by atoms with Gasteiger partial charge in [0.2, 0.25) is 0 Å². The number of phenolic OH excluding ortho intramolecular Hbond substituents is 1. The van der Waals surface area contributed by atoms with Gasteiger partial charge in [-0.05, 0) is 12.1 Å². The minimum atomic E-state index is 0.169. The van der Waals surface area contributed by atoms with Crippen LogP contribution in [0, 0.1) is 0 Å². The van der Waals surface area contributed by atoms with Gasteiger partial charge in [-0.25, -0.2) is 0 Å². The average Bonchev–Trinajstić information content (AvgIpc) is 2.04. The molecule has 0 radical (unpaired) electrons. The van der Waals surface area contributed by atoms with Crippen LogP contribution in [0.25, 0.3) is 0 Å². The Morgan fingerprint density at radius 2 is 1.73 bits per heavy atom. The maximum Gasteiger partial charge on any atom is 0.172 e. The van der Waals surface area contributed by atoms with Crippen molar-refractivity contribution >= 4 is 0 Å². The Morgan fingerprint density at radius 3 is 2.55 bits per heavy atom. The normalized spacial score (nSPS) is 13.1. The highest BCUT2D eigenvalue weighted by Gasteiger charge is 2.07. The van der Waals surface area contributed by atoms with Gasteiger partial charge in [0.25, 0.3) is 0 Å². The van der Waals surface area contributed by atoms with Crippen molar-refractivity contribution in [3.8, 4) is 17.2 Å². The third-order valence-corrected chi connectivity index (χ3v) is 1.37. The Bertz CT molecular complexity index is 304. The zero-order valence-corrected chi connectivity index (χ0v) is 5.65. The van der Waals surface area contributed by atoms with E-state index in [-0.39, 0.29) is 5.75 Å². The van der Waals surface area contributed by atoms with Crippen LogP contribution in [-0.4, -0.2) is 5.11 Å². The van der Waals surface area contributed by atoms with Crippen LogP contribution in [0.15, 0.2) is 30.7 Å². The van der Waals surface area contributed by atoms with Crippen molar-refractivity contribution in [1.82, 2.24) is 0 Å². The van der Waals surface area contributed by atoms with Crippen LogP contribution in [0.3, 0.4) is 0 Å². The predicted octanol–water partition coefficient (Wildman–Crippen LogP) is 1.63. The molecule has 0 spiro atoms. The van der Waals surface area contributed by atoms with Crippen molar-refractivity contribution < 1.29 is 14.6 Å². The maximum atomic E-state index is 9.03. The Labute approximate surface area is 63.5 Å². The van der Waals surface area contributed by atoms with E-state index >= 15 is 0 Å². The van der Waals surface area contributed by atoms with Gasteiger partial charge in [0.15, 0.2) is 11.5 Å². The van der Waals surface area contributed by atoms with Crippen molar-refractivity contribution in [2.24, 2.45) is 0 Å². The van der Waals surface area contributed by atoms with Crippen molar-refractivity contribution in [1.29, 1.82) is 0 Å². The highest BCUT2D eigenvalue weighted by molar-refractivity contribution is 5.46. The molecule has 1 aliphatic heterocycles. The van der Waals surface area contributed by atoms with E-state index in [2.05, 4.69) is 0 Å². The number of hydrogen-bond acceptors (Lipinski definition) is 3. The van der Waals surface area contributed by atoms with E-state index in [1.807, 2.05) is 0 Å². The number of aromatic hydroxyl groups is 1. The van der Waals surface area contributed by atoms with Crippen LogP contribution >= 0.6 is 0 Å². The fourth-order valence-electron chi connectivity index (χ4n) is 0.888. The first-order valence-electron chi connectivity index (χ1n) is 3.17.